The summed E-state index contributed by atoms with van der Waals surface area (Å²) in [5, 5.41) is 7.95. The number of rotatable bonds is 2. The van der Waals surface area contributed by atoms with Crippen molar-refractivity contribution in [1.29, 1.82) is 0 Å². The minimum atomic E-state index is -4.46. The number of carboxylic acid groups (broad SMARTS) is 1. The molecule has 1 N–H and O–H groups in total. The van der Waals surface area contributed by atoms with E-state index in [0.29, 0.717) is 0 Å². The van der Waals surface area contributed by atoms with E-state index < -0.39 is 24.4 Å². The van der Waals surface area contributed by atoms with Crippen LogP contribution in [0.3, 0.4) is 0 Å². The van der Waals surface area contributed by atoms with E-state index in [9.17, 15) is 18.0 Å². The van der Waals surface area contributed by atoms with Gasteiger partial charge in [0.2, 0.25) is 0 Å². The van der Waals surface area contributed by atoms with E-state index in [1.54, 1.807) is 0 Å². The summed E-state index contributed by atoms with van der Waals surface area (Å²) in [5.41, 5.74) is -2.13. The van der Waals surface area contributed by atoms with E-state index in [2.05, 4.69) is 4.74 Å². The summed E-state index contributed by atoms with van der Waals surface area (Å²) in [5.74, 6) is 0. The monoisotopic (exact) mass is 186 g/mol. The second-order valence-electron chi connectivity index (χ2n) is 2.94. The van der Waals surface area contributed by atoms with Crippen LogP contribution in [0.25, 0.3) is 0 Å². The Kier molecular flexibility index (Phi) is 2.95. The molecular formula is C6H9F3O3. The Balaban J connectivity index is 4.14. The summed E-state index contributed by atoms with van der Waals surface area (Å²) in [6, 6.07) is 0. The van der Waals surface area contributed by atoms with Crippen LogP contribution in [0.4, 0.5) is 18.0 Å². The molecule has 0 aliphatic carbocycles. The van der Waals surface area contributed by atoms with E-state index in [0.717, 1.165) is 13.8 Å². The van der Waals surface area contributed by atoms with Gasteiger partial charge in [0.15, 0.2) is 0 Å². The molecule has 0 bridgehead atoms. The topological polar surface area (TPSA) is 46.5 Å². The molecule has 0 saturated heterocycles. The van der Waals surface area contributed by atoms with Crippen molar-refractivity contribution in [2.45, 2.75) is 20.0 Å². The first-order valence-electron chi connectivity index (χ1n) is 3.09. The maximum atomic E-state index is 12.0. The molecule has 0 spiro atoms. The molecular weight excluding hydrogens is 177 g/mol. The van der Waals surface area contributed by atoms with Crippen molar-refractivity contribution in [1.82, 2.24) is 0 Å². The number of alkyl halides is 3. The molecule has 0 atom stereocenters. The first-order valence-corrected chi connectivity index (χ1v) is 3.09. The number of hydrogen-bond acceptors (Lipinski definition) is 2. The van der Waals surface area contributed by atoms with Crippen LogP contribution in [0.5, 0.6) is 0 Å². The Morgan fingerprint density at radius 1 is 1.42 bits per heavy atom. The molecule has 0 aliphatic rings. The minimum absolute atomic E-state index is 0.871. The maximum Gasteiger partial charge on any atom is 0.505 e. The molecule has 0 rings (SSSR count). The third-order valence-corrected chi connectivity index (χ3v) is 1.32. The fourth-order valence-electron chi connectivity index (χ4n) is 0.324. The molecule has 0 heterocycles. The third kappa shape index (κ3) is 2.98. The molecule has 0 amide bonds. The molecule has 0 aromatic heterocycles. The van der Waals surface area contributed by atoms with Gasteiger partial charge in [-0.15, -0.1) is 0 Å². The van der Waals surface area contributed by atoms with Crippen LogP contribution in [-0.2, 0) is 4.74 Å². The van der Waals surface area contributed by atoms with Gasteiger partial charge in [-0.05, 0) is 13.8 Å². The van der Waals surface area contributed by atoms with Crippen LogP contribution in [-0.4, -0.2) is 24.0 Å². The molecule has 6 heteroatoms. The number of hydrogen-bond donors (Lipinski definition) is 1. The van der Waals surface area contributed by atoms with E-state index >= 15 is 0 Å². The maximum absolute atomic E-state index is 12.0. The molecule has 0 saturated carbocycles. The van der Waals surface area contributed by atoms with E-state index in [1.165, 1.54) is 0 Å². The number of carbonyl (C=O) groups is 1. The largest absolute Gasteiger partial charge is 0.505 e. The average molecular weight is 186 g/mol. The third-order valence-electron chi connectivity index (χ3n) is 1.32. The lowest BCUT2D eigenvalue weighted by molar-refractivity contribution is -0.222. The Labute approximate surface area is 67.1 Å². The van der Waals surface area contributed by atoms with Crippen LogP contribution >= 0.6 is 0 Å². The summed E-state index contributed by atoms with van der Waals surface area (Å²) in [6.45, 7) is 0.859. The SMILES string of the molecule is CC(C)(COC(=O)O)C(F)(F)F. The summed E-state index contributed by atoms with van der Waals surface area (Å²) >= 11 is 0. The first kappa shape index (κ1) is 11.1. The lowest BCUT2D eigenvalue weighted by Crippen LogP contribution is -2.37. The fraction of sp³-hybridized carbons (Fsp3) is 0.833. The van der Waals surface area contributed by atoms with Crippen LogP contribution in [0.15, 0.2) is 0 Å². The Bertz CT molecular complexity index is 173. The normalized spacial score (nSPS) is 12.8. The highest BCUT2D eigenvalue weighted by atomic mass is 19.4. The van der Waals surface area contributed by atoms with Gasteiger partial charge in [0.25, 0.3) is 0 Å². The van der Waals surface area contributed by atoms with Crippen LogP contribution in [0.1, 0.15) is 13.8 Å². The van der Waals surface area contributed by atoms with Gasteiger partial charge >= 0.3 is 12.3 Å². The second-order valence-corrected chi connectivity index (χ2v) is 2.94. The predicted molar refractivity (Wildman–Crippen MR) is 33.8 cm³/mol. The summed E-state index contributed by atoms with van der Waals surface area (Å²) in [4.78, 5) is 9.78. The average Bonchev–Trinajstić information content (AvgIpc) is 1.81. The van der Waals surface area contributed by atoms with Crippen LogP contribution in [0, 0.1) is 5.41 Å². The van der Waals surface area contributed by atoms with Crippen molar-refractivity contribution < 1.29 is 27.8 Å². The van der Waals surface area contributed by atoms with Crippen molar-refractivity contribution in [2.24, 2.45) is 5.41 Å². The van der Waals surface area contributed by atoms with Gasteiger partial charge in [-0.25, -0.2) is 4.79 Å². The molecule has 0 aromatic carbocycles. The number of ether oxygens (including phenoxy) is 1. The van der Waals surface area contributed by atoms with Gasteiger partial charge in [0.05, 0.1) is 5.41 Å². The molecule has 0 aromatic rings. The smallest absolute Gasteiger partial charge is 0.450 e. The highest BCUT2D eigenvalue weighted by Crippen LogP contribution is 2.37. The quantitative estimate of drug-likeness (QED) is 0.673. The van der Waals surface area contributed by atoms with Gasteiger partial charge < -0.3 is 9.84 Å². The molecule has 0 radical (unpaired) electrons. The van der Waals surface area contributed by atoms with Gasteiger partial charge in [0, 0.05) is 0 Å². The van der Waals surface area contributed by atoms with E-state index in [4.69, 9.17) is 5.11 Å². The Morgan fingerprint density at radius 3 is 2.08 bits per heavy atom. The van der Waals surface area contributed by atoms with Gasteiger partial charge in [0.1, 0.15) is 6.61 Å². The molecule has 72 valence electrons. The van der Waals surface area contributed by atoms with Crippen LogP contribution in [0.2, 0.25) is 0 Å². The summed E-state index contributed by atoms with van der Waals surface area (Å²) in [6.07, 6.45) is -6.16. The van der Waals surface area contributed by atoms with Gasteiger partial charge in [-0.2, -0.15) is 13.2 Å². The summed E-state index contributed by atoms with van der Waals surface area (Å²) in [7, 11) is 0. The molecule has 0 aliphatic heterocycles. The zero-order valence-electron chi connectivity index (χ0n) is 6.60. The number of halogens is 3. The predicted octanol–water partition coefficient (Wildman–Crippen LogP) is 2.27. The highest BCUT2D eigenvalue weighted by molar-refractivity contribution is 5.56. The molecule has 0 unspecified atom stereocenters. The first-order chi connectivity index (χ1) is 5.17. The van der Waals surface area contributed by atoms with E-state index in [1.807, 2.05) is 0 Å². The van der Waals surface area contributed by atoms with Crippen molar-refractivity contribution in [3.05, 3.63) is 0 Å². The standard InChI is InChI=1S/C6H9F3O3/c1-5(2,6(7,8)9)3-12-4(10)11/h3H2,1-2H3,(H,10,11). The summed E-state index contributed by atoms with van der Waals surface area (Å²) < 4.78 is 39.9. The highest BCUT2D eigenvalue weighted by Gasteiger charge is 2.48. The van der Waals surface area contributed by atoms with Crippen molar-refractivity contribution in [3.8, 4) is 0 Å². The second kappa shape index (κ2) is 3.20. The van der Waals surface area contributed by atoms with Crippen molar-refractivity contribution in [3.63, 3.8) is 0 Å². The van der Waals surface area contributed by atoms with Crippen molar-refractivity contribution in [2.75, 3.05) is 6.61 Å². The van der Waals surface area contributed by atoms with Crippen LogP contribution < -0.4 is 0 Å². The Morgan fingerprint density at radius 2 is 1.83 bits per heavy atom. The van der Waals surface area contributed by atoms with Gasteiger partial charge in [-0.3, -0.25) is 0 Å². The minimum Gasteiger partial charge on any atom is -0.450 e. The molecule has 3 nitrogen and oxygen atoms in total. The van der Waals surface area contributed by atoms with Crippen molar-refractivity contribution >= 4 is 6.16 Å². The zero-order valence-corrected chi connectivity index (χ0v) is 6.60. The lowest BCUT2D eigenvalue weighted by atomic mass is 9.94. The van der Waals surface area contributed by atoms with E-state index in [-0.39, 0.29) is 0 Å². The molecule has 0 fully saturated rings. The molecule has 12 heavy (non-hydrogen) atoms. The fourth-order valence-corrected chi connectivity index (χ4v) is 0.324. The Hall–Kier alpha value is -0.940. The van der Waals surface area contributed by atoms with Gasteiger partial charge in [-0.1, -0.05) is 0 Å². The zero-order chi connectivity index (χ0) is 9.99. The lowest BCUT2D eigenvalue weighted by Gasteiger charge is -2.26.